The Morgan fingerprint density at radius 2 is 2.26 bits per heavy atom. The van der Waals surface area contributed by atoms with Gasteiger partial charge in [-0.15, -0.1) is 35.3 Å². The number of rotatable bonds is 5. The van der Waals surface area contributed by atoms with E-state index < -0.39 is 9.84 Å². The first-order chi connectivity index (χ1) is 10.4. The van der Waals surface area contributed by atoms with Gasteiger partial charge in [-0.05, 0) is 6.42 Å². The summed E-state index contributed by atoms with van der Waals surface area (Å²) in [6.45, 7) is 5.00. The predicted octanol–water partition coefficient (Wildman–Crippen LogP) is 1.78. The van der Waals surface area contributed by atoms with Crippen LogP contribution in [-0.2, 0) is 16.3 Å². The van der Waals surface area contributed by atoms with Crippen molar-refractivity contribution in [1.29, 1.82) is 0 Å². The molecule has 0 bridgehead atoms. The summed E-state index contributed by atoms with van der Waals surface area (Å²) in [5.74, 6) is 1.57. The molecule has 0 spiro atoms. The fraction of sp³-hybridized carbons (Fsp3) is 0.714. The molecule has 0 saturated carbocycles. The number of hydrogen-bond donors (Lipinski definition) is 2. The molecule has 2 N–H and O–H groups in total. The van der Waals surface area contributed by atoms with Crippen LogP contribution in [0.3, 0.4) is 0 Å². The van der Waals surface area contributed by atoms with E-state index in [1.807, 2.05) is 0 Å². The second kappa shape index (κ2) is 9.16. The topological polar surface area (TPSA) is 83.4 Å². The van der Waals surface area contributed by atoms with Crippen molar-refractivity contribution >= 4 is 51.1 Å². The lowest BCUT2D eigenvalue weighted by atomic mass is 10.2. The fourth-order valence-electron chi connectivity index (χ4n) is 2.31. The Morgan fingerprint density at radius 1 is 1.52 bits per heavy atom. The number of sulfone groups is 1. The minimum atomic E-state index is -2.87. The highest BCUT2D eigenvalue weighted by atomic mass is 127. The van der Waals surface area contributed by atoms with Crippen LogP contribution >= 0.6 is 35.3 Å². The molecule has 1 saturated heterocycles. The van der Waals surface area contributed by atoms with E-state index in [0.717, 1.165) is 23.7 Å². The maximum atomic E-state index is 11.5. The zero-order valence-electron chi connectivity index (χ0n) is 13.7. The lowest BCUT2D eigenvalue weighted by Crippen LogP contribution is -2.44. The average molecular weight is 472 g/mol. The molecule has 0 amide bonds. The van der Waals surface area contributed by atoms with Crippen molar-refractivity contribution in [1.82, 2.24) is 15.6 Å². The minimum Gasteiger partial charge on any atom is -0.356 e. The molecular formula is C14H25IN4O2S2. The molecule has 132 valence electrons. The van der Waals surface area contributed by atoms with Crippen molar-refractivity contribution in [3.8, 4) is 0 Å². The molecular weight excluding hydrogens is 447 g/mol. The normalized spacial score (nSPS) is 20.3. The van der Waals surface area contributed by atoms with Crippen LogP contribution in [0.25, 0.3) is 0 Å². The number of halogens is 1. The molecule has 9 heteroatoms. The third-order valence-electron chi connectivity index (χ3n) is 3.53. The first kappa shape index (κ1) is 20.6. The molecule has 1 aliphatic heterocycles. The van der Waals surface area contributed by atoms with Gasteiger partial charge in [0.2, 0.25) is 0 Å². The monoisotopic (exact) mass is 472 g/mol. The van der Waals surface area contributed by atoms with Crippen LogP contribution in [-0.4, -0.2) is 50.5 Å². The summed E-state index contributed by atoms with van der Waals surface area (Å²) in [5.41, 5.74) is 1.08. The van der Waals surface area contributed by atoms with Crippen molar-refractivity contribution < 1.29 is 8.42 Å². The molecule has 1 atom stereocenters. The highest BCUT2D eigenvalue weighted by Crippen LogP contribution is 2.19. The smallest absolute Gasteiger partial charge is 0.191 e. The van der Waals surface area contributed by atoms with E-state index in [9.17, 15) is 8.42 Å². The molecule has 1 fully saturated rings. The molecule has 1 aromatic rings. The number of hydrogen-bond acceptors (Lipinski definition) is 5. The van der Waals surface area contributed by atoms with Gasteiger partial charge in [0.1, 0.15) is 0 Å². The summed E-state index contributed by atoms with van der Waals surface area (Å²) in [6.07, 6.45) is 1.47. The molecule has 0 radical (unpaired) electrons. The molecule has 23 heavy (non-hydrogen) atoms. The summed E-state index contributed by atoms with van der Waals surface area (Å²) in [7, 11) is -1.18. The largest absolute Gasteiger partial charge is 0.356 e. The van der Waals surface area contributed by atoms with Gasteiger partial charge >= 0.3 is 0 Å². The third kappa shape index (κ3) is 6.54. The van der Waals surface area contributed by atoms with E-state index in [4.69, 9.17) is 0 Å². The van der Waals surface area contributed by atoms with Gasteiger partial charge < -0.3 is 10.6 Å². The standard InChI is InChI=1S/C14H24N4O2S2.HI/c1-10(2)13-17-11(8-21-13)4-6-16-14(15-3)18-12-5-7-22(19,20)9-12;/h8,10,12H,4-7,9H2,1-3H3,(H2,15,16,18);1H. The van der Waals surface area contributed by atoms with Crippen LogP contribution in [0.2, 0.25) is 0 Å². The van der Waals surface area contributed by atoms with Crippen molar-refractivity contribution in [3.05, 3.63) is 16.1 Å². The molecule has 6 nitrogen and oxygen atoms in total. The van der Waals surface area contributed by atoms with E-state index >= 15 is 0 Å². The van der Waals surface area contributed by atoms with Crippen LogP contribution in [0.4, 0.5) is 0 Å². The Hall–Kier alpha value is -0.420. The van der Waals surface area contributed by atoms with Gasteiger partial charge in [-0.25, -0.2) is 13.4 Å². The second-order valence-electron chi connectivity index (χ2n) is 5.83. The Balaban J connectivity index is 0.00000264. The maximum absolute atomic E-state index is 11.5. The molecule has 2 rings (SSSR count). The van der Waals surface area contributed by atoms with E-state index in [1.54, 1.807) is 18.4 Å². The highest BCUT2D eigenvalue weighted by molar-refractivity contribution is 14.0. The van der Waals surface area contributed by atoms with E-state index in [2.05, 4.69) is 39.8 Å². The fourth-order valence-corrected chi connectivity index (χ4v) is 4.85. The van der Waals surface area contributed by atoms with Crippen LogP contribution in [0, 0.1) is 0 Å². The van der Waals surface area contributed by atoms with Gasteiger partial charge in [0.25, 0.3) is 0 Å². The van der Waals surface area contributed by atoms with Gasteiger partial charge in [0.15, 0.2) is 15.8 Å². The molecule has 2 heterocycles. The van der Waals surface area contributed by atoms with Gasteiger partial charge in [-0.2, -0.15) is 0 Å². The summed E-state index contributed by atoms with van der Waals surface area (Å²) in [5, 5.41) is 9.65. The van der Waals surface area contributed by atoms with Crippen molar-refractivity contribution in [3.63, 3.8) is 0 Å². The minimum absolute atomic E-state index is 0. The number of nitrogens with zero attached hydrogens (tertiary/aromatic N) is 2. The van der Waals surface area contributed by atoms with Gasteiger partial charge in [-0.3, -0.25) is 4.99 Å². The SMILES string of the molecule is CN=C(NCCc1csc(C(C)C)n1)NC1CCS(=O)(=O)C1.I. The van der Waals surface area contributed by atoms with E-state index in [-0.39, 0.29) is 41.5 Å². The zero-order chi connectivity index (χ0) is 16.2. The van der Waals surface area contributed by atoms with E-state index in [0.29, 0.717) is 18.3 Å². The van der Waals surface area contributed by atoms with Crippen LogP contribution in [0.1, 0.15) is 36.9 Å². The third-order valence-corrected chi connectivity index (χ3v) is 6.50. The average Bonchev–Trinajstić information content (AvgIpc) is 3.04. The molecule has 0 aromatic carbocycles. The van der Waals surface area contributed by atoms with Crippen LogP contribution in [0.15, 0.2) is 10.4 Å². The van der Waals surface area contributed by atoms with Gasteiger partial charge in [0, 0.05) is 37.4 Å². The Labute approximate surface area is 159 Å². The molecule has 1 unspecified atom stereocenters. The lowest BCUT2D eigenvalue weighted by Gasteiger charge is -2.15. The number of aliphatic imine (C=N–C) groups is 1. The highest BCUT2D eigenvalue weighted by Gasteiger charge is 2.28. The molecule has 1 aliphatic rings. The summed E-state index contributed by atoms with van der Waals surface area (Å²) in [4.78, 5) is 8.74. The number of thiazole rings is 1. The Bertz CT molecular complexity index is 628. The van der Waals surface area contributed by atoms with Crippen molar-refractivity contribution in [2.24, 2.45) is 4.99 Å². The number of nitrogens with one attached hydrogen (secondary N) is 2. The Morgan fingerprint density at radius 3 is 2.78 bits per heavy atom. The van der Waals surface area contributed by atoms with Gasteiger partial charge in [-0.1, -0.05) is 13.8 Å². The first-order valence-electron chi connectivity index (χ1n) is 7.51. The molecule has 1 aromatic heterocycles. The van der Waals surface area contributed by atoms with Gasteiger partial charge in [0.05, 0.1) is 22.2 Å². The summed E-state index contributed by atoms with van der Waals surface area (Å²) < 4.78 is 22.9. The maximum Gasteiger partial charge on any atom is 0.191 e. The summed E-state index contributed by atoms with van der Waals surface area (Å²) >= 11 is 1.70. The molecule has 0 aliphatic carbocycles. The van der Waals surface area contributed by atoms with E-state index in [1.165, 1.54) is 0 Å². The predicted molar refractivity (Wildman–Crippen MR) is 107 cm³/mol. The van der Waals surface area contributed by atoms with Crippen molar-refractivity contribution in [2.75, 3.05) is 25.1 Å². The first-order valence-corrected chi connectivity index (χ1v) is 10.2. The van der Waals surface area contributed by atoms with Crippen molar-refractivity contribution in [2.45, 2.75) is 38.6 Å². The summed E-state index contributed by atoms with van der Waals surface area (Å²) in [6, 6.07) is -0.0389. The Kier molecular flexibility index (Phi) is 8.22. The zero-order valence-corrected chi connectivity index (χ0v) is 17.7. The lowest BCUT2D eigenvalue weighted by molar-refractivity contribution is 0.599. The number of guanidine groups is 1. The quantitative estimate of drug-likeness (QED) is 0.388. The second-order valence-corrected chi connectivity index (χ2v) is 8.94. The number of aromatic nitrogens is 1. The van der Waals surface area contributed by atoms with Crippen LogP contribution < -0.4 is 10.6 Å². The van der Waals surface area contributed by atoms with Crippen LogP contribution in [0.5, 0.6) is 0 Å².